The van der Waals surface area contributed by atoms with E-state index in [1.54, 1.807) is 9.80 Å². The molecule has 0 bridgehead atoms. The van der Waals surface area contributed by atoms with Crippen LogP contribution >= 0.6 is 0 Å². The van der Waals surface area contributed by atoms with Crippen LogP contribution in [0.4, 0.5) is 16.2 Å². The van der Waals surface area contributed by atoms with E-state index in [9.17, 15) is 9.59 Å². The Balaban J connectivity index is 1.77. The molecule has 2 aliphatic rings. The lowest BCUT2D eigenvalue weighted by molar-refractivity contribution is -0.125. The standard InChI is InChI=1S/C14H16N2O4/c1-10-8-16(14(18)20-10)12-4-2-11(3-5-12)15-6-7-19-9-13(15)17/h2-5,10H,6-9H2,1H3. The van der Waals surface area contributed by atoms with Gasteiger partial charge in [-0.25, -0.2) is 4.79 Å². The second kappa shape index (κ2) is 5.13. The van der Waals surface area contributed by atoms with Gasteiger partial charge in [0.2, 0.25) is 0 Å². The van der Waals surface area contributed by atoms with Gasteiger partial charge in [0.15, 0.2) is 0 Å². The first-order valence-electron chi connectivity index (χ1n) is 6.61. The molecule has 0 radical (unpaired) electrons. The second-order valence-corrected chi connectivity index (χ2v) is 4.92. The number of morpholine rings is 1. The Kier molecular flexibility index (Phi) is 3.31. The second-order valence-electron chi connectivity index (χ2n) is 4.92. The van der Waals surface area contributed by atoms with Gasteiger partial charge < -0.3 is 14.4 Å². The molecule has 3 rings (SSSR count). The fourth-order valence-electron chi connectivity index (χ4n) is 2.42. The van der Waals surface area contributed by atoms with E-state index in [2.05, 4.69) is 0 Å². The van der Waals surface area contributed by atoms with E-state index in [1.807, 2.05) is 31.2 Å². The molecular formula is C14H16N2O4. The topological polar surface area (TPSA) is 59.1 Å². The molecule has 106 valence electrons. The van der Waals surface area contributed by atoms with Crippen LogP contribution in [0.5, 0.6) is 0 Å². The average molecular weight is 276 g/mol. The molecule has 1 unspecified atom stereocenters. The molecule has 0 aliphatic carbocycles. The fourth-order valence-corrected chi connectivity index (χ4v) is 2.42. The summed E-state index contributed by atoms with van der Waals surface area (Å²) < 4.78 is 10.2. The Labute approximate surface area is 116 Å². The van der Waals surface area contributed by atoms with Crippen LogP contribution in [0.25, 0.3) is 0 Å². The van der Waals surface area contributed by atoms with Gasteiger partial charge in [-0.05, 0) is 31.2 Å². The van der Waals surface area contributed by atoms with Gasteiger partial charge >= 0.3 is 6.09 Å². The Morgan fingerprint density at radius 3 is 2.30 bits per heavy atom. The van der Waals surface area contributed by atoms with E-state index in [0.717, 1.165) is 11.4 Å². The van der Waals surface area contributed by atoms with Crippen molar-refractivity contribution in [1.29, 1.82) is 0 Å². The van der Waals surface area contributed by atoms with Crippen molar-refractivity contribution in [2.45, 2.75) is 13.0 Å². The van der Waals surface area contributed by atoms with E-state index >= 15 is 0 Å². The van der Waals surface area contributed by atoms with Crippen LogP contribution in [0, 0.1) is 0 Å². The summed E-state index contributed by atoms with van der Waals surface area (Å²) in [7, 11) is 0. The summed E-state index contributed by atoms with van der Waals surface area (Å²) in [5.74, 6) is -0.0433. The Morgan fingerprint density at radius 1 is 1.10 bits per heavy atom. The van der Waals surface area contributed by atoms with Gasteiger partial charge in [-0.3, -0.25) is 9.69 Å². The molecule has 6 nitrogen and oxygen atoms in total. The molecule has 2 saturated heterocycles. The van der Waals surface area contributed by atoms with Crippen LogP contribution in [0.15, 0.2) is 24.3 Å². The van der Waals surface area contributed by atoms with Crippen molar-refractivity contribution in [3.63, 3.8) is 0 Å². The summed E-state index contributed by atoms with van der Waals surface area (Å²) in [5.41, 5.74) is 1.60. The number of anilines is 2. The molecule has 2 fully saturated rings. The fraction of sp³-hybridized carbons (Fsp3) is 0.429. The molecule has 2 aliphatic heterocycles. The van der Waals surface area contributed by atoms with Crippen molar-refractivity contribution in [1.82, 2.24) is 0 Å². The van der Waals surface area contributed by atoms with Crippen molar-refractivity contribution in [3.8, 4) is 0 Å². The summed E-state index contributed by atoms with van der Waals surface area (Å²) >= 11 is 0. The van der Waals surface area contributed by atoms with Crippen LogP contribution < -0.4 is 9.80 Å². The van der Waals surface area contributed by atoms with Crippen LogP contribution in [0.1, 0.15) is 6.92 Å². The lowest BCUT2D eigenvalue weighted by atomic mass is 10.2. The van der Waals surface area contributed by atoms with Gasteiger partial charge in [-0.15, -0.1) is 0 Å². The number of ether oxygens (including phenoxy) is 2. The highest BCUT2D eigenvalue weighted by Gasteiger charge is 2.29. The molecule has 0 aromatic heterocycles. The first kappa shape index (κ1) is 12.9. The third-order valence-electron chi connectivity index (χ3n) is 3.42. The largest absolute Gasteiger partial charge is 0.444 e. The van der Waals surface area contributed by atoms with E-state index in [-0.39, 0.29) is 24.7 Å². The number of benzene rings is 1. The zero-order valence-corrected chi connectivity index (χ0v) is 11.2. The third-order valence-corrected chi connectivity index (χ3v) is 3.42. The van der Waals surface area contributed by atoms with Crippen LogP contribution in [0.3, 0.4) is 0 Å². The predicted octanol–water partition coefficient (Wildman–Crippen LogP) is 1.39. The van der Waals surface area contributed by atoms with Gasteiger partial charge in [0, 0.05) is 17.9 Å². The van der Waals surface area contributed by atoms with Gasteiger partial charge in [0.1, 0.15) is 12.7 Å². The van der Waals surface area contributed by atoms with Crippen molar-refractivity contribution in [2.24, 2.45) is 0 Å². The number of carbonyl (C=O) groups is 2. The molecule has 1 aromatic rings. The maximum atomic E-state index is 11.7. The lowest BCUT2D eigenvalue weighted by Gasteiger charge is -2.27. The molecular weight excluding hydrogens is 260 g/mol. The first-order valence-corrected chi connectivity index (χ1v) is 6.61. The number of hydrogen-bond donors (Lipinski definition) is 0. The van der Waals surface area contributed by atoms with Crippen LogP contribution in [-0.4, -0.2) is 44.4 Å². The van der Waals surface area contributed by atoms with Crippen molar-refractivity contribution >= 4 is 23.4 Å². The van der Waals surface area contributed by atoms with Crippen LogP contribution in [-0.2, 0) is 14.3 Å². The smallest absolute Gasteiger partial charge is 0.414 e. The number of cyclic esters (lactones) is 1. The summed E-state index contributed by atoms with van der Waals surface area (Å²) in [6, 6.07) is 7.35. The first-order chi connectivity index (χ1) is 9.65. The van der Waals surface area contributed by atoms with Crippen molar-refractivity contribution in [3.05, 3.63) is 24.3 Å². The molecule has 0 spiro atoms. The quantitative estimate of drug-likeness (QED) is 0.819. The van der Waals surface area contributed by atoms with Gasteiger partial charge in [-0.2, -0.15) is 0 Å². The van der Waals surface area contributed by atoms with Gasteiger partial charge in [0.25, 0.3) is 5.91 Å². The highest BCUT2D eigenvalue weighted by molar-refractivity contribution is 5.95. The summed E-state index contributed by atoms with van der Waals surface area (Å²) in [6.45, 7) is 3.63. The minimum Gasteiger partial charge on any atom is -0.444 e. The highest BCUT2D eigenvalue weighted by atomic mass is 16.6. The maximum Gasteiger partial charge on any atom is 0.414 e. The molecule has 2 amide bonds. The molecule has 1 aromatic carbocycles. The SMILES string of the molecule is CC1CN(c2ccc(N3CCOCC3=O)cc2)C(=O)O1. The lowest BCUT2D eigenvalue weighted by Crippen LogP contribution is -2.41. The minimum atomic E-state index is -0.326. The van der Waals surface area contributed by atoms with Gasteiger partial charge in [0.05, 0.1) is 13.2 Å². The summed E-state index contributed by atoms with van der Waals surface area (Å²) in [6.07, 6.45) is -0.421. The van der Waals surface area contributed by atoms with E-state index in [1.165, 1.54) is 0 Å². The monoisotopic (exact) mass is 276 g/mol. The van der Waals surface area contributed by atoms with Gasteiger partial charge in [-0.1, -0.05) is 0 Å². The predicted molar refractivity (Wildman–Crippen MR) is 72.9 cm³/mol. The summed E-state index contributed by atoms with van der Waals surface area (Å²) in [4.78, 5) is 26.7. The molecule has 20 heavy (non-hydrogen) atoms. The van der Waals surface area contributed by atoms with Crippen LogP contribution in [0.2, 0.25) is 0 Å². The Hall–Kier alpha value is -2.08. The van der Waals surface area contributed by atoms with Crippen molar-refractivity contribution < 1.29 is 19.1 Å². The number of carbonyl (C=O) groups excluding carboxylic acids is 2. The maximum absolute atomic E-state index is 11.7. The molecule has 6 heteroatoms. The van der Waals surface area contributed by atoms with E-state index in [0.29, 0.717) is 19.7 Å². The normalized spacial score (nSPS) is 23.1. The van der Waals surface area contributed by atoms with Crippen molar-refractivity contribution in [2.75, 3.05) is 36.1 Å². The molecule has 1 atom stereocenters. The minimum absolute atomic E-state index is 0.0433. The molecule has 0 N–H and O–H groups in total. The Bertz CT molecular complexity index is 499. The number of nitrogens with zero attached hydrogens (tertiary/aromatic N) is 2. The number of hydrogen-bond acceptors (Lipinski definition) is 4. The summed E-state index contributed by atoms with van der Waals surface area (Å²) in [5, 5.41) is 0. The number of rotatable bonds is 2. The molecule has 2 heterocycles. The number of amides is 2. The van der Waals surface area contributed by atoms with E-state index in [4.69, 9.17) is 9.47 Å². The van der Waals surface area contributed by atoms with E-state index < -0.39 is 0 Å². The zero-order valence-electron chi connectivity index (χ0n) is 11.2. The average Bonchev–Trinajstić information content (AvgIpc) is 2.79. The highest BCUT2D eigenvalue weighted by Crippen LogP contribution is 2.25. The molecule has 0 saturated carbocycles. The Morgan fingerprint density at radius 2 is 1.75 bits per heavy atom. The zero-order chi connectivity index (χ0) is 14.1. The third kappa shape index (κ3) is 2.34.